The molecule has 1 aliphatic carbocycles. The monoisotopic (exact) mass is 220 g/mol. The van der Waals surface area contributed by atoms with Crippen molar-refractivity contribution >= 4 is 11.6 Å². The Hall–Kier alpha value is -1.32. The van der Waals surface area contributed by atoms with Crippen molar-refractivity contribution in [3.63, 3.8) is 0 Å². The molecule has 0 bridgehead atoms. The van der Waals surface area contributed by atoms with E-state index in [9.17, 15) is 0 Å². The second-order valence-electron chi connectivity index (χ2n) is 4.88. The van der Waals surface area contributed by atoms with Crippen molar-refractivity contribution in [2.24, 2.45) is 5.92 Å². The quantitative estimate of drug-likeness (QED) is 0.847. The smallest absolute Gasteiger partial charge is 0.171 e. The van der Waals surface area contributed by atoms with Crippen molar-refractivity contribution in [3.05, 3.63) is 12.4 Å². The average Bonchev–Trinajstić information content (AvgIpc) is 2.64. The second kappa shape index (κ2) is 4.68. The Labute approximate surface area is 97.1 Å². The van der Waals surface area contributed by atoms with Crippen molar-refractivity contribution < 1.29 is 0 Å². The Morgan fingerprint density at radius 2 is 2.00 bits per heavy atom. The summed E-state index contributed by atoms with van der Waals surface area (Å²) in [5.41, 5.74) is 0. The lowest BCUT2D eigenvalue weighted by Gasteiger charge is -2.19. The summed E-state index contributed by atoms with van der Waals surface area (Å²) in [5.74, 6) is 2.66. The topological polar surface area (TPSA) is 41.1 Å². The SMILES string of the molecule is CC1CCC(Nc2nccnc2N(C)C)C1. The van der Waals surface area contributed by atoms with Crippen LogP contribution < -0.4 is 10.2 Å². The third-order valence-corrected chi connectivity index (χ3v) is 3.14. The fourth-order valence-electron chi connectivity index (χ4n) is 2.29. The summed E-state index contributed by atoms with van der Waals surface area (Å²) in [7, 11) is 3.99. The maximum Gasteiger partial charge on any atom is 0.171 e. The van der Waals surface area contributed by atoms with Gasteiger partial charge in [-0.3, -0.25) is 0 Å². The normalized spacial score (nSPS) is 24.4. The van der Waals surface area contributed by atoms with Gasteiger partial charge in [-0.25, -0.2) is 9.97 Å². The van der Waals surface area contributed by atoms with Gasteiger partial charge in [0.15, 0.2) is 11.6 Å². The average molecular weight is 220 g/mol. The van der Waals surface area contributed by atoms with Crippen LogP contribution in [0.2, 0.25) is 0 Å². The molecule has 1 N–H and O–H groups in total. The molecule has 0 amide bonds. The zero-order chi connectivity index (χ0) is 11.5. The van der Waals surface area contributed by atoms with E-state index in [1.54, 1.807) is 12.4 Å². The van der Waals surface area contributed by atoms with E-state index in [1.807, 2.05) is 19.0 Å². The van der Waals surface area contributed by atoms with Crippen molar-refractivity contribution in [2.45, 2.75) is 32.2 Å². The number of anilines is 2. The van der Waals surface area contributed by atoms with Crippen LogP contribution in [0.15, 0.2) is 12.4 Å². The number of nitrogens with one attached hydrogen (secondary N) is 1. The minimum Gasteiger partial charge on any atom is -0.364 e. The molecule has 0 saturated heterocycles. The van der Waals surface area contributed by atoms with Crippen LogP contribution >= 0.6 is 0 Å². The minimum absolute atomic E-state index is 0.561. The van der Waals surface area contributed by atoms with Gasteiger partial charge in [0.05, 0.1) is 0 Å². The van der Waals surface area contributed by atoms with Gasteiger partial charge in [0, 0.05) is 32.5 Å². The molecule has 0 aromatic carbocycles. The third-order valence-electron chi connectivity index (χ3n) is 3.14. The van der Waals surface area contributed by atoms with E-state index < -0.39 is 0 Å². The molecule has 0 aliphatic heterocycles. The first kappa shape index (κ1) is 11.2. The molecule has 0 radical (unpaired) electrons. The summed E-state index contributed by atoms with van der Waals surface area (Å²) in [5, 5.41) is 3.51. The maximum atomic E-state index is 4.37. The summed E-state index contributed by atoms with van der Waals surface area (Å²) in [6.45, 7) is 2.31. The standard InChI is InChI=1S/C12H20N4/c1-9-4-5-10(8-9)15-11-12(16(2)3)14-7-6-13-11/h6-7,9-10H,4-5,8H2,1-3H3,(H,13,15). The molecular formula is C12H20N4. The molecule has 1 aliphatic rings. The summed E-state index contributed by atoms with van der Waals surface area (Å²) in [6.07, 6.45) is 7.27. The first-order valence-electron chi connectivity index (χ1n) is 5.91. The predicted molar refractivity (Wildman–Crippen MR) is 66.8 cm³/mol. The zero-order valence-electron chi connectivity index (χ0n) is 10.3. The predicted octanol–water partition coefficient (Wildman–Crippen LogP) is 2.14. The summed E-state index contributed by atoms with van der Waals surface area (Å²) < 4.78 is 0. The molecule has 2 unspecified atom stereocenters. The molecule has 1 heterocycles. The molecule has 16 heavy (non-hydrogen) atoms. The van der Waals surface area contributed by atoms with Crippen molar-refractivity contribution in [1.82, 2.24) is 9.97 Å². The second-order valence-corrected chi connectivity index (χ2v) is 4.88. The molecule has 1 aromatic rings. The zero-order valence-corrected chi connectivity index (χ0v) is 10.3. The summed E-state index contributed by atoms with van der Waals surface area (Å²) in [6, 6.07) is 0.561. The Balaban J connectivity index is 2.09. The Morgan fingerprint density at radius 3 is 2.62 bits per heavy atom. The van der Waals surface area contributed by atoms with Crippen molar-refractivity contribution in [1.29, 1.82) is 0 Å². The summed E-state index contributed by atoms with van der Waals surface area (Å²) >= 11 is 0. The van der Waals surface area contributed by atoms with Crippen LogP contribution in [0.1, 0.15) is 26.2 Å². The molecule has 88 valence electrons. The van der Waals surface area contributed by atoms with Crippen LogP contribution in [0.25, 0.3) is 0 Å². The van der Waals surface area contributed by atoms with Crippen LogP contribution in [-0.2, 0) is 0 Å². The molecule has 1 aromatic heterocycles. The number of nitrogens with zero attached hydrogens (tertiary/aromatic N) is 3. The third kappa shape index (κ3) is 2.43. The highest BCUT2D eigenvalue weighted by Crippen LogP contribution is 2.28. The van der Waals surface area contributed by atoms with Gasteiger partial charge in [0.2, 0.25) is 0 Å². The Kier molecular flexibility index (Phi) is 3.27. The van der Waals surface area contributed by atoms with Gasteiger partial charge in [-0.15, -0.1) is 0 Å². The molecular weight excluding hydrogens is 200 g/mol. The molecule has 4 nitrogen and oxygen atoms in total. The van der Waals surface area contributed by atoms with Gasteiger partial charge in [0.1, 0.15) is 0 Å². The number of hydrogen-bond acceptors (Lipinski definition) is 4. The highest BCUT2D eigenvalue weighted by atomic mass is 15.2. The minimum atomic E-state index is 0.561. The van der Waals surface area contributed by atoms with Gasteiger partial charge in [-0.2, -0.15) is 0 Å². The largest absolute Gasteiger partial charge is 0.364 e. The maximum absolute atomic E-state index is 4.37. The molecule has 0 spiro atoms. The highest BCUT2D eigenvalue weighted by Gasteiger charge is 2.22. The van der Waals surface area contributed by atoms with Crippen LogP contribution in [0.4, 0.5) is 11.6 Å². The van der Waals surface area contributed by atoms with Gasteiger partial charge in [-0.05, 0) is 25.2 Å². The van der Waals surface area contributed by atoms with E-state index in [1.165, 1.54) is 19.3 Å². The Bertz CT molecular complexity index is 351. The molecule has 2 atom stereocenters. The lowest BCUT2D eigenvalue weighted by Crippen LogP contribution is -2.20. The van der Waals surface area contributed by atoms with Crippen LogP contribution in [0.3, 0.4) is 0 Å². The number of aromatic nitrogens is 2. The van der Waals surface area contributed by atoms with Gasteiger partial charge in [-0.1, -0.05) is 6.92 Å². The number of rotatable bonds is 3. The van der Waals surface area contributed by atoms with Crippen LogP contribution in [0.5, 0.6) is 0 Å². The Morgan fingerprint density at radius 1 is 1.25 bits per heavy atom. The van der Waals surface area contributed by atoms with Crippen molar-refractivity contribution in [3.8, 4) is 0 Å². The van der Waals surface area contributed by atoms with Gasteiger partial charge < -0.3 is 10.2 Å². The lowest BCUT2D eigenvalue weighted by molar-refractivity contribution is 0.602. The van der Waals surface area contributed by atoms with E-state index in [-0.39, 0.29) is 0 Å². The van der Waals surface area contributed by atoms with Crippen LogP contribution in [-0.4, -0.2) is 30.1 Å². The van der Waals surface area contributed by atoms with E-state index in [0.29, 0.717) is 6.04 Å². The molecule has 1 fully saturated rings. The van der Waals surface area contributed by atoms with E-state index in [2.05, 4.69) is 22.2 Å². The van der Waals surface area contributed by atoms with Gasteiger partial charge >= 0.3 is 0 Å². The molecule has 1 saturated carbocycles. The lowest BCUT2D eigenvalue weighted by atomic mass is 10.1. The first-order chi connectivity index (χ1) is 7.66. The van der Waals surface area contributed by atoms with E-state index in [0.717, 1.165) is 17.6 Å². The van der Waals surface area contributed by atoms with E-state index >= 15 is 0 Å². The van der Waals surface area contributed by atoms with E-state index in [4.69, 9.17) is 0 Å². The first-order valence-corrected chi connectivity index (χ1v) is 5.91. The van der Waals surface area contributed by atoms with Crippen molar-refractivity contribution in [2.75, 3.05) is 24.3 Å². The molecule has 4 heteroatoms. The highest BCUT2D eigenvalue weighted by molar-refractivity contribution is 5.60. The molecule has 2 rings (SSSR count). The fraction of sp³-hybridized carbons (Fsp3) is 0.667. The van der Waals surface area contributed by atoms with Gasteiger partial charge in [0.25, 0.3) is 0 Å². The summed E-state index contributed by atoms with van der Waals surface area (Å²) in [4.78, 5) is 10.7. The fourth-order valence-corrected chi connectivity index (χ4v) is 2.29. The van der Waals surface area contributed by atoms with Crippen LogP contribution in [0, 0.1) is 5.92 Å². The number of hydrogen-bond donors (Lipinski definition) is 1.